The van der Waals surface area contributed by atoms with Crippen LogP contribution in [0.25, 0.3) is 0 Å². The number of piperazine rings is 1. The molecule has 0 aromatic carbocycles. The lowest BCUT2D eigenvalue weighted by atomic mass is 10.3. The SMILES string of the molecule is CONC(=O)CN1CCNCC1=O. The molecule has 1 aliphatic heterocycles. The van der Waals surface area contributed by atoms with Gasteiger partial charge in [-0.15, -0.1) is 0 Å². The van der Waals surface area contributed by atoms with Gasteiger partial charge in [-0.25, -0.2) is 5.48 Å². The molecule has 0 spiro atoms. The Balaban J connectivity index is 2.33. The first-order chi connectivity index (χ1) is 6.24. The molecule has 1 rings (SSSR count). The number of carbonyl (C=O) groups excluding carboxylic acids is 2. The number of hydroxylamine groups is 1. The Hall–Kier alpha value is -1.14. The van der Waals surface area contributed by atoms with Gasteiger partial charge in [0.15, 0.2) is 0 Å². The molecule has 74 valence electrons. The van der Waals surface area contributed by atoms with Gasteiger partial charge >= 0.3 is 0 Å². The van der Waals surface area contributed by atoms with E-state index >= 15 is 0 Å². The first kappa shape index (κ1) is 9.94. The summed E-state index contributed by atoms with van der Waals surface area (Å²) in [5.41, 5.74) is 2.16. The molecule has 1 saturated heterocycles. The van der Waals surface area contributed by atoms with Crippen LogP contribution in [0.2, 0.25) is 0 Å². The number of rotatable bonds is 3. The minimum absolute atomic E-state index is 0.0579. The van der Waals surface area contributed by atoms with E-state index in [1.807, 2.05) is 0 Å². The Kier molecular flexibility index (Phi) is 3.66. The lowest BCUT2D eigenvalue weighted by Crippen LogP contribution is -2.51. The third-order valence-corrected chi connectivity index (χ3v) is 1.74. The minimum Gasteiger partial charge on any atom is -0.331 e. The third-order valence-electron chi connectivity index (χ3n) is 1.74. The summed E-state index contributed by atoms with van der Waals surface area (Å²) in [4.78, 5) is 28.1. The van der Waals surface area contributed by atoms with Crippen molar-refractivity contribution >= 4 is 11.8 Å². The van der Waals surface area contributed by atoms with Gasteiger partial charge in [-0.1, -0.05) is 0 Å². The van der Waals surface area contributed by atoms with E-state index in [0.717, 1.165) is 6.54 Å². The lowest BCUT2D eigenvalue weighted by molar-refractivity contribution is -0.141. The smallest absolute Gasteiger partial charge is 0.263 e. The van der Waals surface area contributed by atoms with Gasteiger partial charge < -0.3 is 10.2 Å². The molecule has 0 aliphatic carbocycles. The van der Waals surface area contributed by atoms with Crippen LogP contribution in [0.5, 0.6) is 0 Å². The van der Waals surface area contributed by atoms with Crippen LogP contribution in [0, 0.1) is 0 Å². The zero-order valence-corrected chi connectivity index (χ0v) is 7.50. The molecule has 0 aromatic rings. The Morgan fingerprint density at radius 1 is 1.77 bits per heavy atom. The summed E-state index contributed by atoms with van der Waals surface area (Å²) in [5, 5.41) is 2.92. The highest BCUT2D eigenvalue weighted by Gasteiger charge is 2.19. The van der Waals surface area contributed by atoms with E-state index in [2.05, 4.69) is 15.6 Å². The van der Waals surface area contributed by atoms with Gasteiger partial charge in [-0.3, -0.25) is 14.4 Å². The number of amides is 2. The predicted octanol–water partition coefficient (Wildman–Crippen LogP) is -1.90. The summed E-state index contributed by atoms with van der Waals surface area (Å²) in [7, 11) is 1.36. The average Bonchev–Trinajstić information content (AvgIpc) is 2.09. The summed E-state index contributed by atoms with van der Waals surface area (Å²) >= 11 is 0. The van der Waals surface area contributed by atoms with E-state index in [0.29, 0.717) is 13.1 Å². The minimum atomic E-state index is -0.308. The molecule has 1 fully saturated rings. The fourth-order valence-corrected chi connectivity index (χ4v) is 1.13. The number of hydrogen-bond acceptors (Lipinski definition) is 4. The summed E-state index contributed by atoms with van der Waals surface area (Å²) in [5.74, 6) is -0.366. The monoisotopic (exact) mass is 187 g/mol. The highest BCUT2D eigenvalue weighted by Crippen LogP contribution is 1.93. The van der Waals surface area contributed by atoms with E-state index < -0.39 is 0 Å². The van der Waals surface area contributed by atoms with Gasteiger partial charge in [-0.2, -0.15) is 0 Å². The van der Waals surface area contributed by atoms with Crippen molar-refractivity contribution in [2.24, 2.45) is 0 Å². The van der Waals surface area contributed by atoms with Gasteiger partial charge in [-0.05, 0) is 0 Å². The Bertz CT molecular complexity index is 207. The van der Waals surface area contributed by atoms with E-state index in [4.69, 9.17) is 0 Å². The van der Waals surface area contributed by atoms with E-state index in [9.17, 15) is 9.59 Å². The van der Waals surface area contributed by atoms with Crippen molar-refractivity contribution in [1.29, 1.82) is 0 Å². The summed E-state index contributed by atoms with van der Waals surface area (Å²) < 4.78 is 0. The maximum absolute atomic E-state index is 11.2. The number of carbonyl (C=O) groups is 2. The first-order valence-corrected chi connectivity index (χ1v) is 4.04. The number of nitrogens with zero attached hydrogens (tertiary/aromatic N) is 1. The predicted molar refractivity (Wildman–Crippen MR) is 44.6 cm³/mol. The van der Waals surface area contributed by atoms with Crippen LogP contribution >= 0.6 is 0 Å². The maximum Gasteiger partial charge on any atom is 0.263 e. The molecule has 0 saturated carbocycles. The molecule has 6 nitrogen and oxygen atoms in total. The van der Waals surface area contributed by atoms with Crippen molar-refractivity contribution in [3.05, 3.63) is 0 Å². The van der Waals surface area contributed by atoms with Crippen LogP contribution in [0.4, 0.5) is 0 Å². The van der Waals surface area contributed by atoms with E-state index in [1.165, 1.54) is 12.0 Å². The molecule has 0 radical (unpaired) electrons. The molecule has 0 aromatic heterocycles. The van der Waals surface area contributed by atoms with Crippen molar-refractivity contribution in [2.75, 3.05) is 33.3 Å². The Labute approximate surface area is 76.2 Å². The molecule has 0 atom stereocenters. The van der Waals surface area contributed by atoms with Gasteiger partial charge in [0.1, 0.15) is 6.54 Å². The zero-order chi connectivity index (χ0) is 9.68. The molecule has 1 aliphatic rings. The quantitative estimate of drug-likeness (QED) is 0.506. The topological polar surface area (TPSA) is 70.7 Å². The van der Waals surface area contributed by atoms with Crippen LogP contribution < -0.4 is 10.8 Å². The molecular weight excluding hydrogens is 174 g/mol. The van der Waals surface area contributed by atoms with Crippen molar-refractivity contribution in [3.8, 4) is 0 Å². The van der Waals surface area contributed by atoms with Crippen molar-refractivity contribution in [3.63, 3.8) is 0 Å². The molecule has 13 heavy (non-hydrogen) atoms. The molecule has 0 unspecified atom stereocenters. The van der Waals surface area contributed by atoms with Gasteiger partial charge in [0.25, 0.3) is 5.91 Å². The fourth-order valence-electron chi connectivity index (χ4n) is 1.13. The van der Waals surface area contributed by atoms with Crippen molar-refractivity contribution in [2.45, 2.75) is 0 Å². The standard InChI is InChI=1S/C7H13N3O3/c1-13-9-6(11)5-10-3-2-8-4-7(10)12/h8H,2-5H2,1H3,(H,9,11). The first-order valence-electron chi connectivity index (χ1n) is 4.04. The van der Waals surface area contributed by atoms with Crippen LogP contribution in [-0.4, -0.2) is 50.0 Å². The molecular formula is C7H13N3O3. The summed E-state index contributed by atoms with van der Waals surface area (Å²) in [6.45, 7) is 1.66. The average molecular weight is 187 g/mol. The van der Waals surface area contributed by atoms with Crippen molar-refractivity contribution < 1.29 is 14.4 Å². The molecule has 2 N–H and O–H groups in total. The second-order valence-electron chi connectivity index (χ2n) is 2.72. The summed E-state index contributed by atoms with van der Waals surface area (Å²) in [6, 6.07) is 0. The van der Waals surface area contributed by atoms with Gasteiger partial charge in [0, 0.05) is 13.1 Å². The molecule has 2 amide bonds. The third kappa shape index (κ3) is 3.00. The highest BCUT2D eigenvalue weighted by molar-refractivity contribution is 5.85. The van der Waals surface area contributed by atoms with Gasteiger partial charge in [0.05, 0.1) is 13.7 Å². The molecule has 0 bridgehead atoms. The normalized spacial score (nSPS) is 17.3. The Morgan fingerprint density at radius 2 is 2.54 bits per heavy atom. The van der Waals surface area contributed by atoms with Crippen LogP contribution in [0.3, 0.4) is 0 Å². The number of nitrogens with one attached hydrogen (secondary N) is 2. The van der Waals surface area contributed by atoms with Crippen molar-refractivity contribution in [1.82, 2.24) is 15.7 Å². The maximum atomic E-state index is 11.2. The van der Waals surface area contributed by atoms with E-state index in [-0.39, 0.29) is 18.4 Å². The van der Waals surface area contributed by atoms with Crippen LogP contribution in [-0.2, 0) is 14.4 Å². The zero-order valence-electron chi connectivity index (χ0n) is 7.50. The molecule has 6 heteroatoms. The highest BCUT2D eigenvalue weighted by atomic mass is 16.6. The number of hydrogen-bond donors (Lipinski definition) is 2. The van der Waals surface area contributed by atoms with E-state index in [1.54, 1.807) is 0 Å². The second-order valence-corrected chi connectivity index (χ2v) is 2.72. The van der Waals surface area contributed by atoms with Crippen LogP contribution in [0.15, 0.2) is 0 Å². The Morgan fingerprint density at radius 3 is 3.15 bits per heavy atom. The van der Waals surface area contributed by atoms with Gasteiger partial charge in [0.2, 0.25) is 5.91 Å². The second kappa shape index (κ2) is 4.78. The largest absolute Gasteiger partial charge is 0.331 e. The fraction of sp³-hybridized carbons (Fsp3) is 0.714. The lowest BCUT2D eigenvalue weighted by Gasteiger charge is -2.26. The molecule has 1 heterocycles. The van der Waals surface area contributed by atoms with Crippen LogP contribution in [0.1, 0.15) is 0 Å². The summed E-state index contributed by atoms with van der Waals surface area (Å²) in [6.07, 6.45) is 0.